The molecule has 0 heterocycles. The van der Waals surface area contributed by atoms with Gasteiger partial charge in [0.2, 0.25) is 0 Å². The van der Waals surface area contributed by atoms with Crippen molar-refractivity contribution in [2.75, 3.05) is 6.61 Å². The van der Waals surface area contributed by atoms with E-state index in [0.717, 1.165) is 15.2 Å². The third-order valence-electron chi connectivity index (χ3n) is 2.45. The first-order chi connectivity index (χ1) is 9.08. The Bertz CT molecular complexity index is 643. The number of carbonyl (C=O) groups excluding carboxylic acids is 2. The van der Waals surface area contributed by atoms with Crippen LogP contribution >= 0.6 is 15.9 Å². The van der Waals surface area contributed by atoms with Crippen molar-refractivity contribution in [1.82, 2.24) is 5.32 Å². The average molecular weight is 323 g/mol. The lowest BCUT2D eigenvalue weighted by molar-refractivity contribution is -0.121. The smallest absolute Gasteiger partial charge is 0.318 e. The van der Waals surface area contributed by atoms with Crippen LogP contribution in [0.4, 0.5) is 4.79 Å². The van der Waals surface area contributed by atoms with Crippen molar-refractivity contribution in [3.05, 3.63) is 40.9 Å². The molecule has 0 aliphatic heterocycles. The number of hydrogen-bond acceptors (Lipinski definition) is 3. The van der Waals surface area contributed by atoms with E-state index < -0.39 is 11.9 Å². The molecular formula is C13H11BrN2O3. The van der Waals surface area contributed by atoms with Gasteiger partial charge in [0, 0.05) is 0 Å². The molecule has 0 saturated heterocycles. The topological polar surface area (TPSA) is 81.4 Å². The number of rotatable bonds is 3. The van der Waals surface area contributed by atoms with Crippen LogP contribution in [0.1, 0.15) is 0 Å². The highest BCUT2D eigenvalue weighted by molar-refractivity contribution is 9.10. The molecule has 0 aliphatic rings. The monoisotopic (exact) mass is 322 g/mol. The summed E-state index contributed by atoms with van der Waals surface area (Å²) in [4.78, 5) is 21.7. The maximum absolute atomic E-state index is 11.2. The molecule has 2 rings (SSSR count). The quantitative estimate of drug-likeness (QED) is 0.908. The molecule has 3 amide bonds. The lowest BCUT2D eigenvalue weighted by Crippen LogP contribution is -2.38. The maximum atomic E-state index is 11.2. The largest absolute Gasteiger partial charge is 0.483 e. The number of nitrogens with one attached hydrogen (secondary N) is 1. The Labute approximate surface area is 117 Å². The number of fused-ring (bicyclic) bond motifs is 1. The third kappa shape index (κ3) is 3.23. The number of carbonyl (C=O) groups is 2. The van der Waals surface area contributed by atoms with Crippen molar-refractivity contribution in [1.29, 1.82) is 0 Å². The predicted octanol–water partition coefficient (Wildman–Crippen LogP) is 2.18. The lowest BCUT2D eigenvalue weighted by atomic mass is 10.1. The van der Waals surface area contributed by atoms with Crippen LogP contribution in [0, 0.1) is 0 Å². The first kappa shape index (κ1) is 13.4. The van der Waals surface area contributed by atoms with Crippen LogP contribution in [0.25, 0.3) is 10.8 Å². The minimum Gasteiger partial charge on any atom is -0.483 e. The Morgan fingerprint density at radius 1 is 1.21 bits per heavy atom. The number of imide groups is 1. The summed E-state index contributed by atoms with van der Waals surface area (Å²) in [5, 5.41) is 3.97. The molecule has 0 spiro atoms. The van der Waals surface area contributed by atoms with Crippen LogP contribution < -0.4 is 15.8 Å². The summed E-state index contributed by atoms with van der Waals surface area (Å²) >= 11 is 3.43. The molecule has 0 fully saturated rings. The van der Waals surface area contributed by atoms with Crippen molar-refractivity contribution in [3.63, 3.8) is 0 Å². The van der Waals surface area contributed by atoms with Crippen molar-refractivity contribution >= 4 is 38.6 Å². The van der Waals surface area contributed by atoms with Crippen molar-refractivity contribution in [2.24, 2.45) is 5.73 Å². The number of amides is 3. The number of halogens is 1. The minimum atomic E-state index is -0.897. The van der Waals surface area contributed by atoms with Crippen LogP contribution in [0.3, 0.4) is 0 Å². The van der Waals surface area contributed by atoms with Crippen LogP contribution in [0.5, 0.6) is 5.75 Å². The van der Waals surface area contributed by atoms with Gasteiger partial charge in [0.1, 0.15) is 5.75 Å². The molecular weight excluding hydrogens is 312 g/mol. The van der Waals surface area contributed by atoms with Gasteiger partial charge < -0.3 is 10.5 Å². The van der Waals surface area contributed by atoms with Gasteiger partial charge in [-0.15, -0.1) is 0 Å². The average Bonchev–Trinajstić information content (AvgIpc) is 2.37. The summed E-state index contributed by atoms with van der Waals surface area (Å²) in [6.07, 6.45) is 0. The summed E-state index contributed by atoms with van der Waals surface area (Å²) in [5.41, 5.74) is 4.83. The fraction of sp³-hybridized carbons (Fsp3) is 0.0769. The number of ether oxygens (including phenoxy) is 1. The second kappa shape index (κ2) is 5.71. The molecule has 5 nitrogen and oxygen atoms in total. The molecule has 6 heteroatoms. The number of primary amides is 1. The first-order valence-corrected chi connectivity index (χ1v) is 6.26. The summed E-state index contributed by atoms with van der Waals surface area (Å²) in [6.45, 7) is -0.278. The van der Waals surface area contributed by atoms with Crippen LogP contribution in [-0.2, 0) is 4.79 Å². The molecule has 3 N–H and O–H groups in total. The highest BCUT2D eigenvalue weighted by atomic mass is 79.9. The molecule has 0 saturated carbocycles. The van der Waals surface area contributed by atoms with Gasteiger partial charge in [-0.1, -0.05) is 30.3 Å². The third-order valence-corrected chi connectivity index (χ3v) is 3.27. The number of urea groups is 1. The first-order valence-electron chi connectivity index (χ1n) is 5.47. The number of benzene rings is 2. The van der Waals surface area contributed by atoms with E-state index in [9.17, 15) is 9.59 Å². The lowest BCUT2D eigenvalue weighted by Gasteiger charge is -2.09. The molecule has 19 heavy (non-hydrogen) atoms. The summed E-state index contributed by atoms with van der Waals surface area (Å²) in [5.74, 6) is -0.0640. The molecule has 0 atom stereocenters. The highest BCUT2D eigenvalue weighted by Crippen LogP contribution is 2.32. The fourth-order valence-electron chi connectivity index (χ4n) is 1.64. The molecule has 0 aromatic heterocycles. The van der Waals surface area contributed by atoms with Gasteiger partial charge in [-0.25, -0.2) is 4.79 Å². The SMILES string of the molecule is NC(=O)NC(=O)COc1ccc2ccccc2c1Br. The second-order valence-electron chi connectivity index (χ2n) is 3.80. The van der Waals surface area contributed by atoms with E-state index in [1.165, 1.54) is 0 Å². The fourth-order valence-corrected chi connectivity index (χ4v) is 2.25. The molecule has 0 radical (unpaired) electrons. The van der Waals surface area contributed by atoms with Crippen molar-refractivity contribution in [3.8, 4) is 5.75 Å². The van der Waals surface area contributed by atoms with Crippen molar-refractivity contribution < 1.29 is 14.3 Å². The Morgan fingerprint density at radius 2 is 1.95 bits per heavy atom. The van der Waals surface area contributed by atoms with E-state index in [4.69, 9.17) is 10.5 Å². The van der Waals surface area contributed by atoms with Gasteiger partial charge in [0.15, 0.2) is 6.61 Å². The zero-order chi connectivity index (χ0) is 13.8. The molecule has 0 unspecified atom stereocenters. The maximum Gasteiger partial charge on any atom is 0.318 e. The molecule has 2 aromatic rings. The summed E-state index contributed by atoms with van der Waals surface area (Å²) in [6, 6.07) is 10.5. The molecule has 2 aromatic carbocycles. The number of nitrogens with two attached hydrogens (primary N) is 1. The summed E-state index contributed by atoms with van der Waals surface area (Å²) < 4.78 is 6.10. The van der Waals surface area contributed by atoms with Gasteiger partial charge in [-0.2, -0.15) is 0 Å². The molecule has 0 bridgehead atoms. The number of hydrogen-bond donors (Lipinski definition) is 2. The van der Waals surface area contributed by atoms with Crippen LogP contribution in [-0.4, -0.2) is 18.5 Å². The van der Waals surface area contributed by atoms with E-state index in [0.29, 0.717) is 5.75 Å². The van der Waals surface area contributed by atoms with Gasteiger partial charge in [-0.3, -0.25) is 10.1 Å². The summed E-state index contributed by atoms with van der Waals surface area (Å²) in [7, 11) is 0. The van der Waals surface area contributed by atoms with Gasteiger partial charge in [0.25, 0.3) is 5.91 Å². The van der Waals surface area contributed by atoms with E-state index in [1.807, 2.05) is 35.6 Å². The molecule has 0 aliphatic carbocycles. The normalized spacial score (nSPS) is 10.2. The highest BCUT2D eigenvalue weighted by Gasteiger charge is 2.09. The minimum absolute atomic E-state index is 0.278. The zero-order valence-electron chi connectivity index (χ0n) is 9.85. The van der Waals surface area contributed by atoms with E-state index >= 15 is 0 Å². The Balaban J connectivity index is 2.15. The second-order valence-corrected chi connectivity index (χ2v) is 4.59. The van der Waals surface area contributed by atoms with Crippen LogP contribution in [0.15, 0.2) is 40.9 Å². The van der Waals surface area contributed by atoms with E-state index in [2.05, 4.69) is 15.9 Å². The van der Waals surface area contributed by atoms with Gasteiger partial charge >= 0.3 is 6.03 Å². The Kier molecular flexibility index (Phi) is 4.01. The Morgan fingerprint density at radius 3 is 2.68 bits per heavy atom. The Hall–Kier alpha value is -2.08. The predicted molar refractivity (Wildman–Crippen MR) is 74.9 cm³/mol. The van der Waals surface area contributed by atoms with E-state index in [1.54, 1.807) is 6.07 Å². The van der Waals surface area contributed by atoms with Crippen molar-refractivity contribution in [2.45, 2.75) is 0 Å². The van der Waals surface area contributed by atoms with E-state index in [-0.39, 0.29) is 6.61 Å². The standard InChI is InChI=1S/C13H11BrN2O3/c14-12-9-4-2-1-3-8(9)5-6-10(12)19-7-11(17)16-13(15)18/h1-6H,7H2,(H3,15,16,17,18). The van der Waals surface area contributed by atoms with Gasteiger partial charge in [0.05, 0.1) is 4.47 Å². The van der Waals surface area contributed by atoms with Gasteiger partial charge in [-0.05, 0) is 32.8 Å². The molecule has 98 valence electrons. The zero-order valence-corrected chi connectivity index (χ0v) is 11.4. The van der Waals surface area contributed by atoms with Crippen LogP contribution in [0.2, 0.25) is 0 Å².